The van der Waals surface area contributed by atoms with Crippen LogP contribution in [0.1, 0.15) is 66.7 Å². The Bertz CT molecular complexity index is 652. The van der Waals surface area contributed by atoms with Crippen LogP contribution in [-0.2, 0) is 9.05 Å². The molecule has 0 bridgehead atoms. The number of unbranched alkanes of at least 4 members (excludes halogenated alkanes) is 2. The molecule has 0 aliphatic heterocycles. The fourth-order valence-electron chi connectivity index (χ4n) is 2.43. The van der Waals surface area contributed by atoms with Gasteiger partial charge in [0.1, 0.15) is 0 Å². The van der Waals surface area contributed by atoms with Crippen LogP contribution in [0.4, 0.5) is 0 Å². The minimum absolute atomic E-state index is 0.0338. The zero-order valence-corrected chi connectivity index (χ0v) is 15.1. The molecule has 4 nitrogen and oxygen atoms in total. The van der Waals surface area contributed by atoms with Gasteiger partial charge in [-0.2, -0.15) is 0 Å². The number of carbonyl (C=O) groups excluding carboxylic acids is 2. The Balaban J connectivity index is 2.59. The van der Waals surface area contributed by atoms with Gasteiger partial charge in [0.15, 0.2) is 11.6 Å². The molecular formula is C17H23ClO4S. The maximum Gasteiger partial charge on any atom is 0.232 e. The molecular weight excluding hydrogens is 336 g/mol. The molecule has 0 saturated heterocycles. The van der Waals surface area contributed by atoms with Crippen molar-refractivity contribution >= 4 is 31.3 Å². The van der Waals surface area contributed by atoms with Crippen molar-refractivity contribution in [1.29, 1.82) is 0 Å². The Kier molecular flexibility index (Phi) is 7.92. The number of carbonyl (C=O) groups is 2. The van der Waals surface area contributed by atoms with Gasteiger partial charge in [-0.1, -0.05) is 51.0 Å². The molecule has 1 rings (SSSR count). The first kappa shape index (κ1) is 19.8. The number of Topliss-reactive ketones (excluding diaryl/α,β-unsaturated/α-hetero) is 2. The van der Waals surface area contributed by atoms with E-state index in [9.17, 15) is 18.0 Å². The molecule has 0 fully saturated rings. The molecule has 1 aromatic carbocycles. The van der Waals surface area contributed by atoms with Crippen LogP contribution in [0.15, 0.2) is 24.3 Å². The number of hydrogen-bond acceptors (Lipinski definition) is 4. The first-order chi connectivity index (χ1) is 10.8. The van der Waals surface area contributed by atoms with E-state index in [2.05, 4.69) is 0 Å². The second kappa shape index (κ2) is 9.18. The van der Waals surface area contributed by atoms with E-state index in [1.165, 1.54) is 0 Å². The number of halogens is 1. The fraction of sp³-hybridized carbons (Fsp3) is 0.529. The summed E-state index contributed by atoms with van der Waals surface area (Å²) in [7, 11) is 1.72. The van der Waals surface area contributed by atoms with Crippen molar-refractivity contribution in [2.75, 3.05) is 5.75 Å². The standard InChI is InChI=1S/C17H23ClO4S/c1-3-16(19)14-10-6-7-11-15(14)17(20)13(2)9-5-4-8-12-23(18,21)22/h6-7,10-11,13H,3-5,8-9,12H2,1-2H3. The highest BCUT2D eigenvalue weighted by atomic mass is 35.7. The van der Waals surface area contributed by atoms with Crippen molar-refractivity contribution in [3.8, 4) is 0 Å². The lowest BCUT2D eigenvalue weighted by molar-refractivity contribution is 0.0908. The zero-order chi connectivity index (χ0) is 17.5. The summed E-state index contributed by atoms with van der Waals surface area (Å²) >= 11 is 0. The summed E-state index contributed by atoms with van der Waals surface area (Å²) in [6.07, 6.45) is 2.99. The highest BCUT2D eigenvalue weighted by Gasteiger charge is 2.20. The van der Waals surface area contributed by atoms with Crippen LogP contribution in [0.2, 0.25) is 0 Å². The van der Waals surface area contributed by atoms with Crippen LogP contribution in [0.25, 0.3) is 0 Å². The number of hydrogen-bond donors (Lipinski definition) is 0. The van der Waals surface area contributed by atoms with Gasteiger partial charge in [0.05, 0.1) is 5.75 Å². The Morgan fingerprint density at radius 1 is 1.09 bits per heavy atom. The Morgan fingerprint density at radius 3 is 2.26 bits per heavy atom. The van der Waals surface area contributed by atoms with Crippen molar-refractivity contribution in [3.63, 3.8) is 0 Å². The highest BCUT2D eigenvalue weighted by molar-refractivity contribution is 8.13. The molecule has 128 valence electrons. The molecule has 0 radical (unpaired) electrons. The highest BCUT2D eigenvalue weighted by Crippen LogP contribution is 2.20. The van der Waals surface area contributed by atoms with E-state index in [4.69, 9.17) is 10.7 Å². The average Bonchev–Trinajstić information content (AvgIpc) is 2.51. The van der Waals surface area contributed by atoms with Gasteiger partial charge in [0.25, 0.3) is 0 Å². The van der Waals surface area contributed by atoms with Crippen LogP contribution in [0.5, 0.6) is 0 Å². The summed E-state index contributed by atoms with van der Waals surface area (Å²) in [4.78, 5) is 24.5. The summed E-state index contributed by atoms with van der Waals surface area (Å²) in [6.45, 7) is 3.62. The van der Waals surface area contributed by atoms with E-state index in [0.29, 0.717) is 36.8 Å². The van der Waals surface area contributed by atoms with Gasteiger partial charge >= 0.3 is 0 Å². The van der Waals surface area contributed by atoms with Crippen molar-refractivity contribution in [2.24, 2.45) is 5.92 Å². The Labute approximate surface area is 142 Å². The first-order valence-corrected chi connectivity index (χ1v) is 10.3. The van der Waals surface area contributed by atoms with Gasteiger partial charge in [0, 0.05) is 34.1 Å². The zero-order valence-electron chi connectivity index (χ0n) is 13.5. The smallest absolute Gasteiger partial charge is 0.232 e. The third kappa shape index (κ3) is 6.83. The molecule has 0 N–H and O–H groups in total. The van der Waals surface area contributed by atoms with Gasteiger partial charge < -0.3 is 0 Å². The van der Waals surface area contributed by atoms with Gasteiger partial charge in [-0.15, -0.1) is 0 Å². The van der Waals surface area contributed by atoms with Crippen molar-refractivity contribution in [1.82, 2.24) is 0 Å². The summed E-state index contributed by atoms with van der Waals surface area (Å²) in [5, 5.41) is 0. The molecule has 6 heteroatoms. The van der Waals surface area contributed by atoms with Crippen molar-refractivity contribution in [2.45, 2.75) is 46.0 Å². The second-order valence-electron chi connectivity index (χ2n) is 5.68. The van der Waals surface area contributed by atoms with E-state index in [1.54, 1.807) is 31.2 Å². The minimum atomic E-state index is -3.43. The molecule has 23 heavy (non-hydrogen) atoms. The molecule has 1 aromatic rings. The molecule has 0 aliphatic rings. The third-order valence-electron chi connectivity index (χ3n) is 3.79. The maximum absolute atomic E-state index is 12.5. The predicted octanol–water partition coefficient (Wildman–Crippen LogP) is 4.23. The van der Waals surface area contributed by atoms with E-state index in [-0.39, 0.29) is 23.2 Å². The summed E-state index contributed by atoms with van der Waals surface area (Å²) < 4.78 is 21.7. The Hall–Kier alpha value is -1.20. The van der Waals surface area contributed by atoms with Crippen LogP contribution >= 0.6 is 10.7 Å². The van der Waals surface area contributed by atoms with E-state index < -0.39 is 9.05 Å². The molecule has 0 amide bonds. The lowest BCUT2D eigenvalue weighted by Crippen LogP contribution is -2.15. The molecule has 0 aliphatic carbocycles. The van der Waals surface area contributed by atoms with E-state index in [1.807, 2.05) is 6.92 Å². The quantitative estimate of drug-likeness (QED) is 0.356. The predicted molar refractivity (Wildman–Crippen MR) is 92.7 cm³/mol. The lowest BCUT2D eigenvalue weighted by atomic mass is 9.90. The normalized spacial score (nSPS) is 12.8. The van der Waals surface area contributed by atoms with E-state index in [0.717, 1.165) is 6.42 Å². The summed E-state index contributed by atoms with van der Waals surface area (Å²) in [5.74, 6) is -0.306. The largest absolute Gasteiger partial charge is 0.294 e. The number of rotatable bonds is 10. The van der Waals surface area contributed by atoms with Gasteiger partial charge in [-0.05, 0) is 12.8 Å². The van der Waals surface area contributed by atoms with Crippen LogP contribution in [0.3, 0.4) is 0 Å². The lowest BCUT2D eigenvalue weighted by Gasteiger charge is -2.13. The second-order valence-corrected chi connectivity index (χ2v) is 8.58. The van der Waals surface area contributed by atoms with Crippen LogP contribution < -0.4 is 0 Å². The average molecular weight is 359 g/mol. The summed E-state index contributed by atoms with van der Waals surface area (Å²) in [6, 6.07) is 6.91. The minimum Gasteiger partial charge on any atom is -0.294 e. The van der Waals surface area contributed by atoms with Crippen LogP contribution in [-0.4, -0.2) is 25.7 Å². The monoisotopic (exact) mass is 358 g/mol. The fourth-order valence-corrected chi connectivity index (χ4v) is 3.31. The van der Waals surface area contributed by atoms with Crippen molar-refractivity contribution in [3.05, 3.63) is 35.4 Å². The molecule has 0 saturated carbocycles. The number of benzene rings is 1. The molecule has 1 atom stereocenters. The molecule has 0 heterocycles. The van der Waals surface area contributed by atoms with Gasteiger partial charge in [-0.3, -0.25) is 9.59 Å². The van der Waals surface area contributed by atoms with Crippen molar-refractivity contribution < 1.29 is 18.0 Å². The SMILES string of the molecule is CCC(=O)c1ccccc1C(=O)C(C)CCCCCS(=O)(=O)Cl. The molecule has 0 spiro atoms. The maximum atomic E-state index is 12.5. The van der Waals surface area contributed by atoms with Gasteiger partial charge in [0.2, 0.25) is 9.05 Å². The van der Waals surface area contributed by atoms with E-state index >= 15 is 0 Å². The first-order valence-electron chi connectivity index (χ1n) is 7.85. The van der Waals surface area contributed by atoms with Crippen LogP contribution in [0, 0.1) is 5.92 Å². The third-order valence-corrected chi connectivity index (χ3v) is 5.03. The summed E-state index contributed by atoms with van der Waals surface area (Å²) in [5.41, 5.74) is 0.968. The Morgan fingerprint density at radius 2 is 1.70 bits per heavy atom. The number of ketones is 2. The molecule has 1 unspecified atom stereocenters. The molecule has 0 aromatic heterocycles. The van der Waals surface area contributed by atoms with Gasteiger partial charge in [-0.25, -0.2) is 8.42 Å². The topological polar surface area (TPSA) is 68.3 Å².